The first kappa shape index (κ1) is 12.2. The van der Waals surface area contributed by atoms with Gasteiger partial charge in [0, 0.05) is 12.4 Å². The number of rotatable bonds is 3. The predicted octanol–water partition coefficient (Wildman–Crippen LogP) is 3.58. The van der Waals surface area contributed by atoms with Gasteiger partial charge in [0.1, 0.15) is 0 Å². The minimum atomic E-state index is 0.373. The van der Waals surface area contributed by atoms with Gasteiger partial charge in [0.2, 0.25) is 0 Å². The van der Waals surface area contributed by atoms with E-state index in [1.54, 1.807) is 0 Å². The Kier molecular flexibility index (Phi) is 3.83. The molecule has 0 aliphatic heterocycles. The predicted molar refractivity (Wildman–Crippen MR) is 63.9 cm³/mol. The van der Waals surface area contributed by atoms with E-state index in [1.807, 2.05) is 12.4 Å². The number of aryl methyl sites for hydroxylation is 1. The van der Waals surface area contributed by atoms with Gasteiger partial charge in [0.25, 0.3) is 0 Å². The molecule has 0 fully saturated rings. The average Bonchev–Trinajstić information content (AvgIpc) is 2.14. The van der Waals surface area contributed by atoms with Crippen molar-refractivity contribution < 1.29 is 0 Å². The lowest BCUT2D eigenvalue weighted by Gasteiger charge is -2.17. The van der Waals surface area contributed by atoms with E-state index in [0.29, 0.717) is 11.3 Å². The molecule has 0 aliphatic carbocycles. The summed E-state index contributed by atoms with van der Waals surface area (Å²) in [6, 6.07) is 0. The molecular formula is C13H22N2. The number of hydrogen-bond acceptors (Lipinski definition) is 2. The van der Waals surface area contributed by atoms with Gasteiger partial charge in [-0.25, -0.2) is 0 Å². The van der Waals surface area contributed by atoms with Crippen LogP contribution in [0, 0.1) is 5.41 Å². The fraction of sp³-hybridized carbons (Fsp3) is 0.692. The molecule has 0 N–H and O–H groups in total. The molecule has 0 aromatic carbocycles. The monoisotopic (exact) mass is 206 g/mol. The summed E-state index contributed by atoms with van der Waals surface area (Å²) in [6.07, 6.45) is 6.00. The Morgan fingerprint density at radius 3 is 2.20 bits per heavy atom. The topological polar surface area (TPSA) is 25.8 Å². The van der Waals surface area contributed by atoms with Crippen molar-refractivity contribution in [2.24, 2.45) is 5.41 Å². The van der Waals surface area contributed by atoms with Gasteiger partial charge in [0.15, 0.2) is 0 Å². The maximum atomic E-state index is 4.44. The van der Waals surface area contributed by atoms with Crippen molar-refractivity contribution in [3.63, 3.8) is 0 Å². The maximum Gasteiger partial charge on any atom is 0.0612 e. The largest absolute Gasteiger partial charge is 0.258 e. The van der Waals surface area contributed by atoms with Crippen LogP contribution in [0.15, 0.2) is 12.4 Å². The van der Waals surface area contributed by atoms with Crippen LogP contribution in [0.5, 0.6) is 0 Å². The van der Waals surface area contributed by atoms with Crippen LogP contribution in [-0.4, -0.2) is 9.97 Å². The highest BCUT2D eigenvalue weighted by molar-refractivity contribution is 5.05. The molecule has 0 radical (unpaired) electrons. The van der Waals surface area contributed by atoms with E-state index in [9.17, 15) is 0 Å². The molecule has 2 heteroatoms. The number of aromatic nitrogens is 2. The molecule has 0 unspecified atom stereocenters. The first-order valence-electron chi connectivity index (χ1n) is 5.69. The molecule has 84 valence electrons. The lowest BCUT2D eigenvalue weighted by atomic mass is 9.90. The lowest BCUT2D eigenvalue weighted by Crippen LogP contribution is -2.07. The summed E-state index contributed by atoms with van der Waals surface area (Å²) in [6.45, 7) is 11.0. The molecule has 15 heavy (non-hydrogen) atoms. The third kappa shape index (κ3) is 4.41. The van der Waals surface area contributed by atoms with Crippen molar-refractivity contribution in [2.45, 2.75) is 53.4 Å². The summed E-state index contributed by atoms with van der Waals surface area (Å²) in [5, 5.41) is 0. The Morgan fingerprint density at radius 2 is 1.80 bits per heavy atom. The van der Waals surface area contributed by atoms with Gasteiger partial charge in [-0.15, -0.1) is 0 Å². The van der Waals surface area contributed by atoms with Crippen molar-refractivity contribution in [1.29, 1.82) is 0 Å². The van der Waals surface area contributed by atoms with Crippen LogP contribution < -0.4 is 0 Å². The minimum absolute atomic E-state index is 0.373. The third-order valence-electron chi connectivity index (χ3n) is 2.45. The van der Waals surface area contributed by atoms with Crippen molar-refractivity contribution in [3.05, 3.63) is 23.8 Å². The average molecular weight is 206 g/mol. The minimum Gasteiger partial charge on any atom is -0.258 e. The summed E-state index contributed by atoms with van der Waals surface area (Å²) < 4.78 is 0. The van der Waals surface area contributed by atoms with E-state index < -0.39 is 0 Å². The number of nitrogens with zero attached hydrogens (tertiary/aromatic N) is 2. The lowest BCUT2D eigenvalue weighted by molar-refractivity contribution is 0.376. The van der Waals surface area contributed by atoms with E-state index in [4.69, 9.17) is 0 Å². The van der Waals surface area contributed by atoms with Gasteiger partial charge >= 0.3 is 0 Å². The molecular weight excluding hydrogens is 184 g/mol. The van der Waals surface area contributed by atoms with Crippen LogP contribution >= 0.6 is 0 Å². The molecule has 0 amide bonds. The molecule has 0 bridgehead atoms. The summed E-state index contributed by atoms with van der Waals surface area (Å²) in [4.78, 5) is 8.86. The van der Waals surface area contributed by atoms with E-state index in [1.165, 1.54) is 0 Å². The molecule has 0 saturated carbocycles. The van der Waals surface area contributed by atoms with Crippen LogP contribution in [0.3, 0.4) is 0 Å². The molecule has 0 saturated heterocycles. The SMILES string of the molecule is CC(C)c1cnc(CCC(C)(C)C)cn1. The first-order chi connectivity index (χ1) is 6.88. The second-order valence-corrected chi connectivity index (χ2v) is 5.65. The van der Waals surface area contributed by atoms with Crippen LogP contribution in [-0.2, 0) is 6.42 Å². The third-order valence-corrected chi connectivity index (χ3v) is 2.45. The summed E-state index contributed by atoms with van der Waals surface area (Å²) in [5.41, 5.74) is 2.56. The normalized spacial score (nSPS) is 12.1. The van der Waals surface area contributed by atoms with Crippen molar-refractivity contribution in [3.8, 4) is 0 Å². The standard InChI is InChI=1S/C13H22N2/c1-10(2)12-9-14-11(8-15-12)6-7-13(3,4)5/h8-10H,6-7H2,1-5H3. The van der Waals surface area contributed by atoms with Crippen LogP contribution in [0.1, 0.15) is 58.3 Å². The Bertz CT molecular complexity index is 293. The smallest absolute Gasteiger partial charge is 0.0612 e. The molecule has 1 rings (SSSR count). The molecule has 0 spiro atoms. The summed E-state index contributed by atoms with van der Waals surface area (Å²) in [5.74, 6) is 0.467. The summed E-state index contributed by atoms with van der Waals surface area (Å²) >= 11 is 0. The Morgan fingerprint density at radius 1 is 1.13 bits per heavy atom. The molecule has 1 aromatic heterocycles. The second kappa shape index (κ2) is 4.73. The Balaban J connectivity index is 2.57. The van der Waals surface area contributed by atoms with Crippen LogP contribution in [0.2, 0.25) is 0 Å². The van der Waals surface area contributed by atoms with Crippen molar-refractivity contribution >= 4 is 0 Å². The van der Waals surface area contributed by atoms with Gasteiger partial charge < -0.3 is 0 Å². The molecule has 0 aliphatic rings. The van der Waals surface area contributed by atoms with Crippen molar-refractivity contribution in [1.82, 2.24) is 9.97 Å². The fourth-order valence-corrected chi connectivity index (χ4v) is 1.30. The molecule has 0 atom stereocenters. The van der Waals surface area contributed by atoms with Crippen LogP contribution in [0.4, 0.5) is 0 Å². The second-order valence-electron chi connectivity index (χ2n) is 5.65. The zero-order valence-electron chi connectivity index (χ0n) is 10.5. The fourth-order valence-electron chi connectivity index (χ4n) is 1.30. The maximum absolute atomic E-state index is 4.44. The Labute approximate surface area is 93.2 Å². The van der Waals surface area contributed by atoms with Gasteiger partial charge in [0.05, 0.1) is 11.4 Å². The van der Waals surface area contributed by atoms with Crippen molar-refractivity contribution in [2.75, 3.05) is 0 Å². The molecule has 1 heterocycles. The van der Waals surface area contributed by atoms with Gasteiger partial charge in [-0.1, -0.05) is 34.6 Å². The first-order valence-corrected chi connectivity index (χ1v) is 5.69. The zero-order chi connectivity index (χ0) is 11.5. The highest BCUT2D eigenvalue weighted by Crippen LogP contribution is 2.20. The van der Waals surface area contributed by atoms with Gasteiger partial charge in [-0.05, 0) is 24.2 Å². The van der Waals surface area contributed by atoms with E-state index in [2.05, 4.69) is 44.6 Å². The molecule has 1 aromatic rings. The van der Waals surface area contributed by atoms with Gasteiger partial charge in [-0.3, -0.25) is 9.97 Å². The Hall–Kier alpha value is -0.920. The zero-order valence-corrected chi connectivity index (χ0v) is 10.5. The van der Waals surface area contributed by atoms with Gasteiger partial charge in [-0.2, -0.15) is 0 Å². The van der Waals surface area contributed by atoms with E-state index in [0.717, 1.165) is 24.2 Å². The quantitative estimate of drug-likeness (QED) is 0.755. The number of hydrogen-bond donors (Lipinski definition) is 0. The highest BCUT2D eigenvalue weighted by atomic mass is 14.8. The highest BCUT2D eigenvalue weighted by Gasteiger charge is 2.10. The van der Waals surface area contributed by atoms with E-state index in [-0.39, 0.29) is 0 Å². The van der Waals surface area contributed by atoms with E-state index >= 15 is 0 Å². The van der Waals surface area contributed by atoms with Crippen LogP contribution in [0.25, 0.3) is 0 Å². The summed E-state index contributed by atoms with van der Waals surface area (Å²) in [7, 11) is 0. The molecule has 2 nitrogen and oxygen atoms in total.